The second-order valence-electron chi connectivity index (χ2n) is 14.0. The molecule has 0 radical (unpaired) electrons. The van der Waals surface area contributed by atoms with Crippen molar-refractivity contribution in [2.75, 3.05) is 0 Å². The van der Waals surface area contributed by atoms with E-state index in [0.717, 1.165) is 60.9 Å². The number of para-hydroxylation sites is 3. The summed E-state index contributed by atoms with van der Waals surface area (Å²) in [7, 11) is 0. The third-order valence-electron chi connectivity index (χ3n) is 10.8. The van der Waals surface area contributed by atoms with Gasteiger partial charge in [-0.1, -0.05) is 164 Å². The quantitative estimate of drug-likeness (QED) is 0.162. The molecule has 0 saturated heterocycles. The Morgan fingerprint density at radius 3 is 1.71 bits per heavy atom. The van der Waals surface area contributed by atoms with Crippen LogP contribution in [0, 0.1) is 0 Å². The minimum Gasteiger partial charge on any atom is -0.309 e. The molecule has 262 valence electrons. The van der Waals surface area contributed by atoms with E-state index in [1.54, 1.807) is 4.57 Å². The van der Waals surface area contributed by atoms with E-state index in [-0.39, 0.29) is 57.6 Å². The lowest BCUT2D eigenvalue weighted by atomic mass is 9.97. The van der Waals surface area contributed by atoms with Crippen LogP contribution in [0.3, 0.4) is 0 Å². The Bertz CT molecular complexity index is 3620. The number of fused-ring (bicyclic) bond motifs is 6. The molecule has 0 fully saturated rings. The molecule has 2 nitrogen and oxygen atoms in total. The first-order valence-electron chi connectivity index (χ1n) is 22.2. The van der Waals surface area contributed by atoms with E-state index in [4.69, 9.17) is 2.74 Å². The zero-order valence-corrected chi connectivity index (χ0v) is 30.1. The van der Waals surface area contributed by atoms with Crippen molar-refractivity contribution in [3.8, 4) is 55.9 Å². The zero-order chi connectivity index (χ0) is 43.1. The summed E-state index contributed by atoms with van der Waals surface area (Å²) >= 11 is 0. The summed E-state index contributed by atoms with van der Waals surface area (Å²) in [6.07, 6.45) is 0. The van der Waals surface area contributed by atoms with E-state index < -0.39 is 12.1 Å². The molecule has 0 aliphatic rings. The minimum atomic E-state index is -0.430. The van der Waals surface area contributed by atoms with E-state index >= 15 is 0 Å². The highest BCUT2D eigenvalue weighted by Gasteiger charge is 2.20. The average Bonchev–Trinajstić information content (AvgIpc) is 3.87. The maximum Gasteiger partial charge on any atom is 0.0645 e. The van der Waals surface area contributed by atoms with Gasteiger partial charge in [-0.05, 0) is 87.9 Å². The molecule has 0 saturated carbocycles. The van der Waals surface area contributed by atoms with E-state index in [1.165, 1.54) is 0 Å². The van der Waals surface area contributed by atoms with E-state index in [2.05, 4.69) is 47.0 Å². The number of aromatic nitrogens is 2. The van der Waals surface area contributed by atoms with Crippen LogP contribution in [-0.4, -0.2) is 9.13 Å². The lowest BCUT2D eigenvalue weighted by Crippen LogP contribution is -1.98. The Kier molecular flexibility index (Phi) is 6.01. The molecule has 0 spiro atoms. The molecule has 9 aromatic carbocycles. The summed E-state index contributed by atoms with van der Waals surface area (Å²) in [5.41, 5.74) is 10.3. The van der Waals surface area contributed by atoms with Crippen molar-refractivity contribution in [3.05, 3.63) is 218 Å². The van der Waals surface area contributed by atoms with Crippen LogP contribution in [0.4, 0.5) is 0 Å². The van der Waals surface area contributed by atoms with Crippen molar-refractivity contribution in [2.24, 2.45) is 0 Å². The number of hydrogen-bond acceptors (Lipinski definition) is 0. The monoisotopic (exact) mass is 719 g/mol. The normalized spacial score (nSPS) is 13.3. The van der Waals surface area contributed by atoms with Gasteiger partial charge in [-0.25, -0.2) is 0 Å². The first kappa shape index (κ1) is 25.6. The van der Waals surface area contributed by atoms with Gasteiger partial charge in [-0.2, -0.15) is 0 Å². The maximum atomic E-state index is 10.0. The van der Waals surface area contributed by atoms with Gasteiger partial charge in [-0.15, -0.1) is 0 Å². The highest BCUT2D eigenvalue weighted by atomic mass is 15.0. The molecule has 2 heterocycles. The molecule has 2 aromatic heterocycles. The SMILES string of the molecule is [2H]c1c([2H])c([2H])c2c(c1[2H])c1c([2H])c(-c3ccc4c(c3)c3cccc(-c5ccccc5)c3n4-c3ccccc3)c([2H])c([2H])c1n2-c1ccc(-c2ccccc2)cc1-c1ccccc1. The van der Waals surface area contributed by atoms with Gasteiger partial charge in [0.15, 0.2) is 0 Å². The van der Waals surface area contributed by atoms with Crippen molar-refractivity contribution in [3.63, 3.8) is 0 Å². The van der Waals surface area contributed by atoms with Gasteiger partial charge >= 0.3 is 0 Å². The predicted octanol–water partition coefficient (Wildman–Crippen LogP) is 14.5. The predicted molar refractivity (Wildman–Crippen MR) is 237 cm³/mol. The second-order valence-corrected chi connectivity index (χ2v) is 14.0. The van der Waals surface area contributed by atoms with Gasteiger partial charge in [0.1, 0.15) is 0 Å². The summed E-state index contributed by atoms with van der Waals surface area (Å²) in [5, 5.41) is 2.22. The van der Waals surface area contributed by atoms with Gasteiger partial charge in [0.2, 0.25) is 0 Å². The molecule has 11 aromatic rings. The first-order valence-corrected chi connectivity index (χ1v) is 18.7. The lowest BCUT2D eigenvalue weighted by molar-refractivity contribution is 1.18. The third-order valence-corrected chi connectivity index (χ3v) is 10.8. The van der Waals surface area contributed by atoms with Crippen molar-refractivity contribution < 1.29 is 9.60 Å². The van der Waals surface area contributed by atoms with Crippen LogP contribution in [0.2, 0.25) is 0 Å². The van der Waals surface area contributed by atoms with Gasteiger partial charge in [-0.3, -0.25) is 0 Å². The van der Waals surface area contributed by atoms with Crippen molar-refractivity contribution >= 4 is 43.6 Å². The maximum absolute atomic E-state index is 10.0. The molecule has 56 heavy (non-hydrogen) atoms. The summed E-state index contributed by atoms with van der Waals surface area (Å²) in [6, 6.07) is 56.4. The van der Waals surface area contributed by atoms with Crippen LogP contribution in [0.25, 0.3) is 99.5 Å². The number of hydrogen-bond donors (Lipinski definition) is 0. The highest BCUT2D eigenvalue weighted by molar-refractivity contribution is 6.15. The number of benzene rings is 9. The lowest BCUT2D eigenvalue weighted by Gasteiger charge is -2.16. The van der Waals surface area contributed by atoms with Gasteiger partial charge < -0.3 is 9.13 Å². The second kappa shape index (κ2) is 13.2. The summed E-state index contributed by atoms with van der Waals surface area (Å²) in [5.74, 6) is 0. The van der Waals surface area contributed by atoms with E-state index in [9.17, 15) is 6.85 Å². The standard InChI is InChI=1S/C54H36N2/c1-5-16-37(17-6-1)40-28-31-51(47(34-40)39-20-9-3-10-21-39)56-50-27-14-13-24-45(50)48-35-41(30-33-53(48)56)42-29-32-52-49(36-42)46-26-15-25-44(38-18-7-2-8-19-38)54(46)55(52)43-22-11-4-12-23-43/h1-36H/i13D,14D,24D,27D,30D,33D,35D. The fourth-order valence-electron chi connectivity index (χ4n) is 8.21. The van der Waals surface area contributed by atoms with Gasteiger partial charge in [0.05, 0.1) is 37.3 Å². The molecule has 0 amide bonds. The molecule has 0 aliphatic carbocycles. The summed E-state index contributed by atoms with van der Waals surface area (Å²) < 4.78 is 69.8. The average molecular weight is 720 g/mol. The van der Waals surface area contributed by atoms with E-state index in [1.807, 2.05) is 133 Å². The minimum absolute atomic E-state index is 0.0851. The summed E-state index contributed by atoms with van der Waals surface area (Å²) in [6.45, 7) is 0. The Morgan fingerprint density at radius 1 is 0.339 bits per heavy atom. The Labute approximate surface area is 335 Å². The fourth-order valence-corrected chi connectivity index (χ4v) is 8.21. The smallest absolute Gasteiger partial charge is 0.0645 e. The molecule has 11 rings (SSSR count). The van der Waals surface area contributed by atoms with Crippen LogP contribution in [0.1, 0.15) is 9.60 Å². The molecule has 2 heteroatoms. The van der Waals surface area contributed by atoms with Gasteiger partial charge in [0, 0.05) is 38.4 Å². The largest absolute Gasteiger partial charge is 0.309 e. The fraction of sp³-hybridized carbons (Fsp3) is 0. The molecular formula is C54H36N2. The van der Waals surface area contributed by atoms with Gasteiger partial charge in [0.25, 0.3) is 0 Å². The Balaban J connectivity index is 1.23. The summed E-state index contributed by atoms with van der Waals surface area (Å²) in [4.78, 5) is 0. The van der Waals surface area contributed by atoms with E-state index in [0.29, 0.717) is 11.3 Å². The first-order chi connectivity index (χ1) is 30.7. The molecule has 0 bridgehead atoms. The zero-order valence-electron chi connectivity index (χ0n) is 37.1. The number of nitrogens with zero attached hydrogens (tertiary/aromatic N) is 2. The Morgan fingerprint density at radius 2 is 0.964 bits per heavy atom. The van der Waals surface area contributed by atoms with Crippen LogP contribution in [0.5, 0.6) is 0 Å². The molecule has 0 unspecified atom stereocenters. The van der Waals surface area contributed by atoms with Crippen molar-refractivity contribution in [1.82, 2.24) is 9.13 Å². The highest BCUT2D eigenvalue weighted by Crippen LogP contribution is 2.42. The molecule has 0 N–H and O–H groups in total. The molecule has 0 aliphatic heterocycles. The van der Waals surface area contributed by atoms with Crippen LogP contribution < -0.4 is 0 Å². The third kappa shape index (κ3) is 5.19. The van der Waals surface area contributed by atoms with Crippen molar-refractivity contribution in [2.45, 2.75) is 0 Å². The van der Waals surface area contributed by atoms with Crippen LogP contribution in [-0.2, 0) is 0 Å². The Hall–Kier alpha value is -7.42. The molecule has 0 atom stereocenters. The number of rotatable bonds is 6. The van der Waals surface area contributed by atoms with Crippen LogP contribution in [0.15, 0.2) is 218 Å². The van der Waals surface area contributed by atoms with Crippen molar-refractivity contribution in [1.29, 1.82) is 0 Å². The topological polar surface area (TPSA) is 9.86 Å². The van der Waals surface area contributed by atoms with Crippen LogP contribution >= 0.6 is 0 Å². The molecular weight excluding hydrogens is 677 g/mol.